The fourth-order valence-electron chi connectivity index (χ4n) is 2.91. The molecule has 1 fully saturated rings. The molecule has 13 nitrogen and oxygen atoms in total. The maximum Gasteiger partial charge on any atom is 0.351 e. The zero-order valence-corrected chi connectivity index (χ0v) is 17.4. The first kappa shape index (κ1) is 25.5. The zero-order valence-electron chi connectivity index (χ0n) is 16.5. The Kier molecular flexibility index (Phi) is 9.18. The molecular weight excluding hydrogens is 437 g/mol. The molecule has 14 heteroatoms. The molecule has 1 aliphatic heterocycles. The third kappa shape index (κ3) is 7.38. The minimum absolute atomic E-state index is 0.0607. The van der Waals surface area contributed by atoms with E-state index in [1.807, 2.05) is 0 Å². The summed E-state index contributed by atoms with van der Waals surface area (Å²) in [5.41, 5.74) is 11.0. The van der Waals surface area contributed by atoms with Gasteiger partial charge in [0.15, 0.2) is 18.5 Å². The highest BCUT2D eigenvalue weighted by molar-refractivity contribution is 7.44. The first-order chi connectivity index (χ1) is 14.5. The van der Waals surface area contributed by atoms with Crippen molar-refractivity contribution in [3.63, 3.8) is 0 Å². The van der Waals surface area contributed by atoms with Gasteiger partial charge in [0.25, 0.3) is 14.1 Å². The summed E-state index contributed by atoms with van der Waals surface area (Å²) < 4.78 is 26.3. The second kappa shape index (κ2) is 11.2. The topological polar surface area (TPSA) is 219 Å². The van der Waals surface area contributed by atoms with Gasteiger partial charge in [0.1, 0.15) is 23.8 Å². The lowest BCUT2D eigenvalue weighted by Crippen LogP contribution is -2.46. The Bertz CT molecular complexity index is 819. The Labute approximate surface area is 177 Å². The van der Waals surface area contributed by atoms with Crippen molar-refractivity contribution in [1.82, 2.24) is 0 Å². The summed E-state index contributed by atoms with van der Waals surface area (Å²) in [6.07, 6.45) is -1.31. The van der Waals surface area contributed by atoms with Crippen LogP contribution < -0.4 is 20.9 Å². The standard InChI is InChI=1S/C17H26N3O10P/c18-6-2-1-5-11(19)17(24)30-16(23)10-4-3-7-20(8-10)15-14(22)13(21)12(29-15)9-28-31(25,26)27/h3-4,7-8,11-15,21-22H,1-2,5-6,9,18-19H2,(H-,25,26,27)/t11-,12-,13-,14-,15-/m1/s1. The van der Waals surface area contributed by atoms with Crippen LogP contribution >= 0.6 is 7.82 Å². The first-order valence-electron chi connectivity index (χ1n) is 9.46. The predicted molar refractivity (Wildman–Crippen MR) is 99.6 cm³/mol. The number of nitrogens with two attached hydrogens (primary N) is 2. The van der Waals surface area contributed by atoms with Crippen LogP contribution in [0.3, 0.4) is 0 Å². The molecule has 174 valence electrons. The lowest BCUT2D eigenvalue weighted by atomic mass is 10.1. The fourth-order valence-corrected chi connectivity index (χ4v) is 3.24. The molecule has 0 spiro atoms. The molecule has 1 aliphatic rings. The average molecular weight is 463 g/mol. The Morgan fingerprint density at radius 2 is 2.03 bits per heavy atom. The average Bonchev–Trinajstić information content (AvgIpc) is 3.00. The molecule has 0 aliphatic carbocycles. The highest BCUT2D eigenvalue weighted by atomic mass is 31.2. The van der Waals surface area contributed by atoms with Gasteiger partial charge in [0, 0.05) is 6.07 Å². The zero-order chi connectivity index (χ0) is 23.2. The van der Waals surface area contributed by atoms with Gasteiger partial charge in [-0.15, -0.1) is 0 Å². The van der Waals surface area contributed by atoms with Crippen molar-refractivity contribution >= 4 is 19.8 Å². The van der Waals surface area contributed by atoms with Crippen LogP contribution in [0.5, 0.6) is 0 Å². The number of esters is 2. The van der Waals surface area contributed by atoms with E-state index in [0.717, 1.165) is 0 Å². The van der Waals surface area contributed by atoms with E-state index in [2.05, 4.69) is 4.52 Å². The van der Waals surface area contributed by atoms with Gasteiger partial charge in [-0.3, -0.25) is 4.57 Å². The van der Waals surface area contributed by atoms with Gasteiger partial charge >= 0.3 is 11.9 Å². The van der Waals surface area contributed by atoms with Crippen molar-refractivity contribution in [1.29, 1.82) is 0 Å². The van der Waals surface area contributed by atoms with Crippen LogP contribution in [0, 0.1) is 0 Å². The normalized spacial score (nSPS) is 26.3. The molecule has 1 aromatic heterocycles. The molecule has 1 aromatic rings. The Morgan fingerprint density at radius 3 is 2.68 bits per heavy atom. The molecule has 0 saturated carbocycles. The maximum atomic E-state index is 12.3. The summed E-state index contributed by atoms with van der Waals surface area (Å²) in [7, 11) is -5.05. The van der Waals surface area contributed by atoms with E-state index in [1.165, 1.54) is 29.1 Å². The number of rotatable bonds is 10. The number of carbonyl (C=O) groups is 2. The van der Waals surface area contributed by atoms with Crippen LogP contribution in [0.15, 0.2) is 24.5 Å². The van der Waals surface area contributed by atoms with Crippen LogP contribution in [-0.2, 0) is 23.4 Å². The predicted octanol–water partition coefficient (Wildman–Crippen LogP) is -2.79. The third-order valence-corrected chi connectivity index (χ3v) is 5.03. The second-order valence-electron chi connectivity index (χ2n) is 6.95. The van der Waals surface area contributed by atoms with E-state index in [1.54, 1.807) is 0 Å². The number of pyridine rings is 1. The highest BCUT2D eigenvalue weighted by Crippen LogP contribution is 2.33. The van der Waals surface area contributed by atoms with Gasteiger partial charge in [-0.2, -0.15) is 4.57 Å². The summed E-state index contributed by atoms with van der Waals surface area (Å²) in [6, 6.07) is 1.78. The molecule has 1 unspecified atom stereocenters. The largest absolute Gasteiger partial charge is 0.756 e. The molecule has 2 heterocycles. The van der Waals surface area contributed by atoms with E-state index in [4.69, 9.17) is 25.8 Å². The molecule has 7 N–H and O–H groups in total. The van der Waals surface area contributed by atoms with Gasteiger partial charge in [0.05, 0.1) is 6.61 Å². The number of aliphatic hydroxyl groups excluding tert-OH is 2. The number of unbranched alkanes of at least 4 members (excludes halogenated alkanes) is 1. The lowest BCUT2D eigenvalue weighted by molar-refractivity contribution is -0.765. The van der Waals surface area contributed by atoms with E-state index >= 15 is 0 Å². The Morgan fingerprint density at radius 1 is 1.32 bits per heavy atom. The first-order valence-corrected chi connectivity index (χ1v) is 11.0. The monoisotopic (exact) mass is 463 g/mol. The number of ether oxygens (including phenoxy) is 2. The highest BCUT2D eigenvalue weighted by Gasteiger charge is 2.48. The van der Waals surface area contributed by atoms with Crippen LogP contribution in [0.2, 0.25) is 0 Å². The lowest BCUT2D eigenvalue weighted by Gasteiger charge is -2.19. The molecule has 0 aromatic carbocycles. The van der Waals surface area contributed by atoms with Crippen LogP contribution in [0.25, 0.3) is 0 Å². The molecule has 0 radical (unpaired) electrons. The van der Waals surface area contributed by atoms with Crippen molar-refractivity contribution in [3.05, 3.63) is 30.1 Å². The number of nitrogens with zero attached hydrogens (tertiary/aromatic N) is 1. The Hall–Kier alpha value is -1.80. The SMILES string of the molecule is NCCCC[C@@H](N)C(=O)OC(=O)c1ccc[n+]([C@@H]2O[C@H](COP(=O)([O-])O)[C@@H](O)[C@H]2O)c1. The smallest absolute Gasteiger partial charge is 0.351 e. The minimum atomic E-state index is -5.05. The van der Waals surface area contributed by atoms with Crippen molar-refractivity contribution in [3.8, 4) is 0 Å². The van der Waals surface area contributed by atoms with Crippen molar-refractivity contribution in [2.45, 2.75) is 49.8 Å². The van der Waals surface area contributed by atoms with E-state index < -0.39 is 56.9 Å². The summed E-state index contributed by atoms with van der Waals surface area (Å²) >= 11 is 0. The number of aromatic nitrogens is 1. The van der Waals surface area contributed by atoms with E-state index in [-0.39, 0.29) is 5.56 Å². The van der Waals surface area contributed by atoms with E-state index in [0.29, 0.717) is 25.8 Å². The van der Waals surface area contributed by atoms with Gasteiger partial charge in [0.2, 0.25) is 0 Å². The van der Waals surface area contributed by atoms with Crippen molar-refractivity contribution < 1.29 is 52.7 Å². The van der Waals surface area contributed by atoms with Crippen molar-refractivity contribution in [2.24, 2.45) is 11.5 Å². The number of aliphatic hydroxyl groups is 2. The fraction of sp³-hybridized carbons (Fsp3) is 0.588. The van der Waals surface area contributed by atoms with Crippen LogP contribution in [0.4, 0.5) is 0 Å². The van der Waals surface area contributed by atoms with Gasteiger partial charge in [-0.05, 0) is 25.5 Å². The molecule has 6 atom stereocenters. The number of phosphoric acid groups is 1. The summed E-state index contributed by atoms with van der Waals surface area (Å²) in [4.78, 5) is 43.6. The molecule has 0 bridgehead atoms. The Balaban J connectivity index is 2.03. The number of hydrogen-bond acceptors (Lipinski definition) is 11. The summed E-state index contributed by atoms with van der Waals surface area (Å²) in [5.74, 6) is -1.87. The van der Waals surface area contributed by atoms with Crippen LogP contribution in [0.1, 0.15) is 35.8 Å². The quantitative estimate of drug-likeness (QED) is 0.0782. The summed E-state index contributed by atoms with van der Waals surface area (Å²) in [6.45, 7) is -0.275. The summed E-state index contributed by atoms with van der Waals surface area (Å²) in [5, 5.41) is 20.2. The van der Waals surface area contributed by atoms with E-state index in [9.17, 15) is 29.3 Å². The third-order valence-electron chi connectivity index (χ3n) is 4.56. The number of phosphoric ester groups is 1. The molecular formula is C17H26N3O10P. The van der Waals surface area contributed by atoms with Gasteiger partial charge in [-0.25, -0.2) is 9.59 Å². The second-order valence-corrected chi connectivity index (χ2v) is 8.15. The minimum Gasteiger partial charge on any atom is -0.756 e. The molecule has 2 rings (SSSR count). The molecule has 0 amide bonds. The van der Waals surface area contributed by atoms with Crippen molar-refractivity contribution in [2.75, 3.05) is 13.2 Å². The molecule has 31 heavy (non-hydrogen) atoms. The maximum absolute atomic E-state index is 12.3. The number of carbonyl (C=O) groups excluding carboxylic acids is 2. The molecule has 1 saturated heterocycles. The van der Waals surface area contributed by atoms with Gasteiger partial charge < -0.3 is 45.5 Å². The van der Waals surface area contributed by atoms with Gasteiger partial charge in [-0.1, -0.05) is 6.42 Å². The number of hydrogen-bond donors (Lipinski definition) is 5. The van der Waals surface area contributed by atoms with Crippen LogP contribution in [-0.4, -0.2) is 64.6 Å².